The van der Waals surface area contributed by atoms with E-state index in [-0.39, 0.29) is 23.8 Å². The van der Waals surface area contributed by atoms with Gasteiger partial charge in [0, 0.05) is 24.1 Å². The van der Waals surface area contributed by atoms with E-state index in [4.69, 9.17) is 15.2 Å². The van der Waals surface area contributed by atoms with E-state index in [1.165, 1.54) is 0 Å². The Kier molecular flexibility index (Phi) is 4.60. The third-order valence-electron chi connectivity index (χ3n) is 4.87. The molecule has 1 aromatic heterocycles. The summed E-state index contributed by atoms with van der Waals surface area (Å²) in [6.07, 6.45) is 1.70. The van der Waals surface area contributed by atoms with Gasteiger partial charge in [0.05, 0.1) is 12.5 Å². The van der Waals surface area contributed by atoms with Crippen LogP contribution in [-0.4, -0.2) is 23.3 Å². The molecule has 26 heavy (non-hydrogen) atoms. The fraction of sp³-hybridized carbons (Fsp3) is 0.421. The lowest BCUT2D eigenvalue weighted by molar-refractivity contribution is -0.116. The van der Waals surface area contributed by atoms with Crippen LogP contribution in [0.2, 0.25) is 0 Å². The zero-order chi connectivity index (χ0) is 19.0. The van der Waals surface area contributed by atoms with Crippen molar-refractivity contribution < 1.29 is 19.1 Å². The summed E-state index contributed by atoms with van der Waals surface area (Å²) < 4.78 is 10.7. The van der Waals surface area contributed by atoms with Gasteiger partial charge in [0.1, 0.15) is 23.1 Å². The number of Topliss-reactive ketones (excluding diaryl/α,β-unsaturated/α-hetero) is 1. The number of aryl methyl sites for hydroxylation is 1. The van der Waals surface area contributed by atoms with E-state index >= 15 is 0 Å². The van der Waals surface area contributed by atoms with Crippen LogP contribution in [0, 0.1) is 25.2 Å². The van der Waals surface area contributed by atoms with Crippen LogP contribution in [-0.2, 0) is 14.3 Å². The number of aromatic amines is 1. The number of ketones is 1. The highest BCUT2D eigenvalue weighted by Crippen LogP contribution is 2.45. The van der Waals surface area contributed by atoms with E-state index in [0.717, 1.165) is 0 Å². The fourth-order valence-corrected chi connectivity index (χ4v) is 3.75. The van der Waals surface area contributed by atoms with Crippen LogP contribution in [0.5, 0.6) is 0 Å². The van der Waals surface area contributed by atoms with Gasteiger partial charge in [-0.25, -0.2) is 4.79 Å². The molecule has 136 valence electrons. The molecule has 0 amide bonds. The fourth-order valence-electron chi connectivity index (χ4n) is 3.75. The maximum Gasteiger partial charge on any atom is 0.355 e. The van der Waals surface area contributed by atoms with Crippen molar-refractivity contribution in [2.75, 3.05) is 6.61 Å². The molecule has 1 aliphatic heterocycles. The normalized spacial score (nSPS) is 19.8. The van der Waals surface area contributed by atoms with Gasteiger partial charge in [-0.05, 0) is 38.3 Å². The van der Waals surface area contributed by atoms with Crippen molar-refractivity contribution in [2.45, 2.75) is 46.0 Å². The maximum absolute atomic E-state index is 12.6. The van der Waals surface area contributed by atoms with Crippen molar-refractivity contribution in [1.82, 2.24) is 4.98 Å². The largest absolute Gasteiger partial charge is 0.461 e. The summed E-state index contributed by atoms with van der Waals surface area (Å²) in [6, 6.07) is 2.09. The molecule has 1 aliphatic carbocycles. The summed E-state index contributed by atoms with van der Waals surface area (Å²) >= 11 is 0. The third kappa shape index (κ3) is 2.68. The van der Waals surface area contributed by atoms with Crippen molar-refractivity contribution >= 4 is 11.8 Å². The Hall–Kier alpha value is -3.01. The minimum absolute atomic E-state index is 0.0173. The van der Waals surface area contributed by atoms with Gasteiger partial charge in [-0.1, -0.05) is 0 Å². The average molecular weight is 355 g/mol. The predicted molar refractivity (Wildman–Crippen MR) is 92.8 cm³/mol. The number of ether oxygens (including phenoxy) is 2. The van der Waals surface area contributed by atoms with Crippen molar-refractivity contribution in [2.24, 2.45) is 5.73 Å². The molecule has 0 radical (unpaired) electrons. The van der Waals surface area contributed by atoms with Crippen molar-refractivity contribution in [3.63, 3.8) is 0 Å². The minimum Gasteiger partial charge on any atom is -0.461 e. The van der Waals surface area contributed by atoms with Gasteiger partial charge in [0.25, 0.3) is 0 Å². The zero-order valence-electron chi connectivity index (χ0n) is 15.1. The van der Waals surface area contributed by atoms with Gasteiger partial charge < -0.3 is 20.2 Å². The monoisotopic (exact) mass is 355 g/mol. The molecular formula is C19H21N3O4. The van der Waals surface area contributed by atoms with Gasteiger partial charge in [-0.3, -0.25) is 4.79 Å². The Labute approximate surface area is 151 Å². The number of H-pyrrole nitrogens is 1. The second-order valence-electron chi connectivity index (χ2n) is 6.42. The Balaban J connectivity index is 2.21. The Morgan fingerprint density at radius 2 is 2.15 bits per heavy atom. The highest BCUT2D eigenvalue weighted by atomic mass is 16.5. The lowest BCUT2D eigenvalue weighted by atomic mass is 9.76. The standard InChI is InChI=1S/C19H21N3O4/c1-4-25-19(24)17-9(2)14(10(3)22-17)15-11(8-20)18(21)26-13-7-5-6-12(23)16(13)15/h15,22H,4-7,21H2,1-3H3/t15-/m0/s1. The highest BCUT2D eigenvalue weighted by Gasteiger charge is 2.40. The van der Waals surface area contributed by atoms with Crippen LogP contribution in [0.4, 0.5) is 0 Å². The molecule has 2 heterocycles. The molecule has 3 rings (SSSR count). The number of nitrogens with zero attached hydrogens (tertiary/aromatic N) is 1. The van der Waals surface area contributed by atoms with E-state index in [0.29, 0.717) is 53.1 Å². The number of hydrogen-bond acceptors (Lipinski definition) is 6. The van der Waals surface area contributed by atoms with Gasteiger partial charge in [-0.15, -0.1) is 0 Å². The van der Waals surface area contributed by atoms with E-state index in [1.807, 2.05) is 0 Å². The molecule has 0 bridgehead atoms. The van der Waals surface area contributed by atoms with Crippen molar-refractivity contribution in [3.05, 3.63) is 45.3 Å². The lowest BCUT2D eigenvalue weighted by Gasteiger charge is -2.31. The molecule has 1 aromatic rings. The number of nitrogens with two attached hydrogens (primary N) is 1. The number of allylic oxidation sites excluding steroid dienone is 3. The number of aromatic nitrogens is 1. The van der Waals surface area contributed by atoms with Crippen LogP contribution in [0.3, 0.4) is 0 Å². The molecule has 0 saturated heterocycles. The maximum atomic E-state index is 12.6. The molecule has 0 spiro atoms. The number of nitriles is 1. The summed E-state index contributed by atoms with van der Waals surface area (Å²) in [6.45, 7) is 5.57. The summed E-state index contributed by atoms with van der Waals surface area (Å²) in [5, 5.41) is 9.65. The molecule has 7 heteroatoms. The second kappa shape index (κ2) is 6.71. The van der Waals surface area contributed by atoms with E-state index < -0.39 is 11.9 Å². The first-order valence-corrected chi connectivity index (χ1v) is 8.60. The molecule has 0 unspecified atom stereocenters. The number of hydrogen-bond donors (Lipinski definition) is 2. The zero-order valence-corrected chi connectivity index (χ0v) is 15.1. The highest BCUT2D eigenvalue weighted by molar-refractivity contribution is 6.00. The molecule has 1 atom stereocenters. The first kappa shape index (κ1) is 17.8. The lowest BCUT2D eigenvalue weighted by Crippen LogP contribution is -2.28. The van der Waals surface area contributed by atoms with Crippen LogP contribution >= 0.6 is 0 Å². The molecule has 0 saturated carbocycles. The average Bonchev–Trinajstić information content (AvgIpc) is 2.88. The third-order valence-corrected chi connectivity index (χ3v) is 4.87. The van der Waals surface area contributed by atoms with Crippen molar-refractivity contribution in [3.8, 4) is 6.07 Å². The molecule has 0 fully saturated rings. The van der Waals surface area contributed by atoms with E-state index in [2.05, 4.69) is 11.1 Å². The summed E-state index contributed by atoms with van der Waals surface area (Å²) in [7, 11) is 0. The molecule has 2 aliphatic rings. The van der Waals surface area contributed by atoms with Crippen LogP contribution in [0.1, 0.15) is 59.4 Å². The minimum atomic E-state index is -0.629. The van der Waals surface area contributed by atoms with Crippen molar-refractivity contribution in [1.29, 1.82) is 5.26 Å². The van der Waals surface area contributed by atoms with E-state index in [9.17, 15) is 14.9 Å². The number of nitrogens with one attached hydrogen (secondary N) is 1. The van der Waals surface area contributed by atoms with Gasteiger partial charge >= 0.3 is 5.97 Å². The molecule has 7 nitrogen and oxygen atoms in total. The quantitative estimate of drug-likeness (QED) is 0.805. The Bertz CT molecular complexity index is 899. The topological polar surface area (TPSA) is 118 Å². The summed E-state index contributed by atoms with van der Waals surface area (Å²) in [5.74, 6) is -0.597. The predicted octanol–water partition coefficient (Wildman–Crippen LogP) is 2.62. The molecular weight excluding hydrogens is 334 g/mol. The van der Waals surface area contributed by atoms with Crippen LogP contribution in [0.25, 0.3) is 0 Å². The first-order valence-electron chi connectivity index (χ1n) is 8.60. The first-order chi connectivity index (χ1) is 12.4. The number of carbonyl (C=O) groups excluding carboxylic acids is 2. The number of esters is 1. The van der Waals surface area contributed by atoms with E-state index in [1.54, 1.807) is 20.8 Å². The number of rotatable bonds is 3. The summed E-state index contributed by atoms with van der Waals surface area (Å²) in [4.78, 5) is 27.9. The Morgan fingerprint density at radius 3 is 2.81 bits per heavy atom. The summed E-state index contributed by atoms with van der Waals surface area (Å²) in [5.41, 5.74) is 9.02. The van der Waals surface area contributed by atoms with Crippen LogP contribution < -0.4 is 5.73 Å². The van der Waals surface area contributed by atoms with Gasteiger partial charge in [0.2, 0.25) is 5.88 Å². The smallest absolute Gasteiger partial charge is 0.355 e. The Morgan fingerprint density at radius 1 is 1.42 bits per heavy atom. The van der Waals surface area contributed by atoms with Crippen LogP contribution in [0.15, 0.2) is 22.8 Å². The molecule has 3 N–H and O–H groups in total. The van der Waals surface area contributed by atoms with Gasteiger partial charge in [0.15, 0.2) is 5.78 Å². The SMILES string of the molecule is CCOC(=O)c1[nH]c(C)c([C@@H]2C(C#N)=C(N)OC3=C2C(=O)CCC3)c1C. The molecule has 0 aromatic carbocycles. The van der Waals surface area contributed by atoms with Gasteiger partial charge in [-0.2, -0.15) is 5.26 Å². The second-order valence-corrected chi connectivity index (χ2v) is 6.42. The number of carbonyl (C=O) groups is 2.